The van der Waals surface area contributed by atoms with Crippen LogP contribution in [0.15, 0.2) is 12.2 Å². The van der Waals surface area contributed by atoms with Crippen LogP contribution in [0.3, 0.4) is 0 Å². The van der Waals surface area contributed by atoms with Crippen LogP contribution in [0, 0.1) is 0 Å². The van der Waals surface area contributed by atoms with Gasteiger partial charge in [-0.2, -0.15) is 0 Å². The summed E-state index contributed by atoms with van der Waals surface area (Å²) in [6.07, 6.45) is 3.80. The number of nitrogens with one attached hydrogen (secondary N) is 2. The molecule has 4 heteroatoms. The van der Waals surface area contributed by atoms with Crippen LogP contribution in [0.4, 0.5) is 0 Å². The van der Waals surface area contributed by atoms with Crippen LogP contribution >= 0.6 is 12.4 Å². The van der Waals surface area contributed by atoms with Crippen LogP contribution < -0.4 is 10.6 Å². The van der Waals surface area contributed by atoms with E-state index in [2.05, 4.69) is 10.6 Å². The number of likely N-dealkylation sites (N-methyl/N-ethyl adjacent to an activating group) is 1. The molecule has 0 fully saturated rings. The van der Waals surface area contributed by atoms with Crippen molar-refractivity contribution in [3.8, 4) is 0 Å². The number of carbonyl (C=O) groups is 1. The van der Waals surface area contributed by atoms with Crippen molar-refractivity contribution in [2.75, 3.05) is 13.6 Å². The first-order valence-electron chi connectivity index (χ1n) is 2.96. The van der Waals surface area contributed by atoms with Gasteiger partial charge in [0.15, 0.2) is 0 Å². The Morgan fingerprint density at radius 1 is 1.80 bits per heavy atom. The maximum Gasteiger partial charge on any atom is 0.240 e. The second kappa shape index (κ2) is 4.30. The summed E-state index contributed by atoms with van der Waals surface area (Å²) in [5.41, 5.74) is 0. The number of hydrogen-bond donors (Lipinski definition) is 2. The molecule has 0 aliphatic carbocycles. The first kappa shape index (κ1) is 9.46. The van der Waals surface area contributed by atoms with E-state index in [4.69, 9.17) is 0 Å². The van der Waals surface area contributed by atoms with Crippen LogP contribution in [0.5, 0.6) is 0 Å². The van der Waals surface area contributed by atoms with Crippen LogP contribution in [-0.4, -0.2) is 25.5 Å². The molecular weight excluding hydrogens is 152 g/mol. The Hall–Kier alpha value is -0.540. The highest BCUT2D eigenvalue weighted by molar-refractivity contribution is 5.85. The minimum Gasteiger partial charge on any atom is -0.358 e. The van der Waals surface area contributed by atoms with Gasteiger partial charge in [-0.3, -0.25) is 10.1 Å². The smallest absolute Gasteiger partial charge is 0.240 e. The summed E-state index contributed by atoms with van der Waals surface area (Å²) in [4.78, 5) is 10.8. The van der Waals surface area contributed by atoms with Crippen LogP contribution in [0.1, 0.15) is 0 Å². The van der Waals surface area contributed by atoms with Gasteiger partial charge in [0.1, 0.15) is 6.04 Å². The lowest BCUT2D eigenvalue weighted by atomic mass is 10.3. The quantitative estimate of drug-likeness (QED) is 0.519. The van der Waals surface area contributed by atoms with Crippen molar-refractivity contribution >= 4 is 18.3 Å². The fourth-order valence-corrected chi connectivity index (χ4v) is 0.803. The summed E-state index contributed by atoms with van der Waals surface area (Å²) in [5, 5.41) is 5.54. The largest absolute Gasteiger partial charge is 0.358 e. The Kier molecular flexibility index (Phi) is 4.07. The minimum atomic E-state index is -0.102. The second-order valence-electron chi connectivity index (χ2n) is 1.93. The third-order valence-electron chi connectivity index (χ3n) is 1.31. The summed E-state index contributed by atoms with van der Waals surface area (Å²) >= 11 is 0. The van der Waals surface area contributed by atoms with Crippen LogP contribution in [-0.2, 0) is 4.79 Å². The Labute approximate surface area is 66.3 Å². The topological polar surface area (TPSA) is 41.1 Å². The average Bonchev–Trinajstić information content (AvgIpc) is 2.37. The number of rotatable bonds is 1. The van der Waals surface area contributed by atoms with E-state index in [1.165, 1.54) is 0 Å². The molecular formula is C6H11ClN2O. The lowest BCUT2D eigenvalue weighted by Gasteiger charge is -2.04. The molecule has 0 spiro atoms. The van der Waals surface area contributed by atoms with E-state index in [0.717, 1.165) is 6.54 Å². The normalized spacial score (nSPS) is 21.9. The number of carbonyl (C=O) groups excluding carboxylic acids is 1. The molecule has 58 valence electrons. The molecule has 1 heterocycles. The molecule has 0 saturated heterocycles. The molecule has 1 rings (SSSR count). The lowest BCUT2D eigenvalue weighted by Crippen LogP contribution is -2.38. The molecule has 1 aliphatic rings. The van der Waals surface area contributed by atoms with E-state index in [-0.39, 0.29) is 24.4 Å². The van der Waals surface area contributed by atoms with E-state index < -0.39 is 0 Å². The first-order valence-corrected chi connectivity index (χ1v) is 2.96. The monoisotopic (exact) mass is 162 g/mol. The summed E-state index contributed by atoms with van der Waals surface area (Å²) in [7, 11) is 1.64. The standard InChI is InChI=1S/C6H10N2O.ClH/c1-7-6(9)5-3-2-4-8-5;/h2-3,5,8H,4H2,1H3,(H,7,9);1H. The molecule has 10 heavy (non-hydrogen) atoms. The molecule has 3 nitrogen and oxygen atoms in total. The molecule has 1 unspecified atom stereocenters. The van der Waals surface area contributed by atoms with E-state index in [9.17, 15) is 4.79 Å². The Balaban J connectivity index is 0.000000810. The Bertz CT molecular complexity index is 147. The van der Waals surface area contributed by atoms with Gasteiger partial charge < -0.3 is 5.32 Å². The third kappa shape index (κ3) is 2.01. The molecule has 1 amide bonds. The van der Waals surface area contributed by atoms with Crippen molar-refractivity contribution in [2.24, 2.45) is 0 Å². The molecule has 0 radical (unpaired) electrons. The van der Waals surface area contributed by atoms with Gasteiger partial charge in [-0.25, -0.2) is 0 Å². The zero-order chi connectivity index (χ0) is 6.69. The van der Waals surface area contributed by atoms with Crippen molar-refractivity contribution < 1.29 is 4.79 Å². The van der Waals surface area contributed by atoms with E-state index in [0.29, 0.717) is 0 Å². The van der Waals surface area contributed by atoms with Gasteiger partial charge in [0.05, 0.1) is 0 Å². The SMILES string of the molecule is CNC(=O)C1C=CCN1.Cl. The van der Waals surface area contributed by atoms with Gasteiger partial charge in [0.2, 0.25) is 5.91 Å². The zero-order valence-corrected chi connectivity index (χ0v) is 6.57. The fourth-order valence-electron chi connectivity index (χ4n) is 0.803. The number of amides is 1. The van der Waals surface area contributed by atoms with Gasteiger partial charge in [-0.1, -0.05) is 12.2 Å². The Morgan fingerprint density at radius 2 is 2.50 bits per heavy atom. The number of halogens is 1. The highest BCUT2D eigenvalue weighted by Crippen LogP contribution is 1.92. The summed E-state index contributed by atoms with van der Waals surface area (Å²) in [6, 6.07) is -0.102. The van der Waals surface area contributed by atoms with Gasteiger partial charge in [0.25, 0.3) is 0 Å². The first-order chi connectivity index (χ1) is 4.34. The van der Waals surface area contributed by atoms with Crippen molar-refractivity contribution in [3.63, 3.8) is 0 Å². The molecule has 0 aromatic heterocycles. The highest BCUT2D eigenvalue weighted by Gasteiger charge is 2.14. The van der Waals surface area contributed by atoms with Gasteiger partial charge >= 0.3 is 0 Å². The average molecular weight is 163 g/mol. The molecule has 0 aromatic carbocycles. The zero-order valence-electron chi connectivity index (χ0n) is 5.76. The second-order valence-corrected chi connectivity index (χ2v) is 1.93. The van der Waals surface area contributed by atoms with Crippen LogP contribution in [0.25, 0.3) is 0 Å². The minimum absolute atomic E-state index is 0. The van der Waals surface area contributed by atoms with Crippen molar-refractivity contribution in [1.82, 2.24) is 10.6 Å². The maximum absolute atomic E-state index is 10.8. The number of hydrogen-bond acceptors (Lipinski definition) is 2. The molecule has 0 aromatic rings. The summed E-state index contributed by atoms with van der Waals surface area (Å²) in [6.45, 7) is 0.804. The fraction of sp³-hybridized carbons (Fsp3) is 0.500. The molecule has 2 N–H and O–H groups in total. The summed E-state index contributed by atoms with van der Waals surface area (Å²) < 4.78 is 0. The van der Waals surface area contributed by atoms with Gasteiger partial charge in [-0.05, 0) is 0 Å². The predicted octanol–water partition coefficient (Wildman–Crippen LogP) is -0.318. The lowest BCUT2D eigenvalue weighted by molar-refractivity contribution is -0.121. The predicted molar refractivity (Wildman–Crippen MR) is 42.2 cm³/mol. The van der Waals surface area contributed by atoms with Crippen molar-refractivity contribution in [3.05, 3.63) is 12.2 Å². The molecule has 0 bridgehead atoms. The molecule has 1 atom stereocenters. The van der Waals surface area contributed by atoms with E-state index in [1.54, 1.807) is 7.05 Å². The summed E-state index contributed by atoms with van der Waals surface area (Å²) in [5.74, 6) is 0.0313. The third-order valence-corrected chi connectivity index (χ3v) is 1.31. The molecule has 0 saturated carbocycles. The molecule has 1 aliphatic heterocycles. The van der Waals surface area contributed by atoms with Gasteiger partial charge in [-0.15, -0.1) is 12.4 Å². The van der Waals surface area contributed by atoms with E-state index >= 15 is 0 Å². The van der Waals surface area contributed by atoms with Crippen LogP contribution in [0.2, 0.25) is 0 Å². The Morgan fingerprint density at radius 3 is 2.90 bits per heavy atom. The van der Waals surface area contributed by atoms with Crippen molar-refractivity contribution in [1.29, 1.82) is 0 Å². The highest BCUT2D eigenvalue weighted by atomic mass is 35.5. The van der Waals surface area contributed by atoms with E-state index in [1.807, 2.05) is 12.2 Å². The van der Waals surface area contributed by atoms with Gasteiger partial charge in [0, 0.05) is 13.6 Å². The maximum atomic E-state index is 10.8. The van der Waals surface area contributed by atoms with Crippen molar-refractivity contribution in [2.45, 2.75) is 6.04 Å².